The summed E-state index contributed by atoms with van der Waals surface area (Å²) in [5.41, 5.74) is 2.15. The lowest BCUT2D eigenvalue weighted by atomic mass is 10.1. The van der Waals surface area contributed by atoms with Crippen LogP contribution >= 0.6 is 23.1 Å². The number of H-pyrrole nitrogens is 1. The maximum absolute atomic E-state index is 13.2. The van der Waals surface area contributed by atoms with Gasteiger partial charge in [-0.15, -0.1) is 16.4 Å². The molecular formula is C20H13FN6OS2. The second-order valence-corrected chi connectivity index (χ2v) is 8.16. The Morgan fingerprint density at radius 3 is 2.70 bits per heavy atom. The van der Waals surface area contributed by atoms with Crippen LogP contribution in [0, 0.1) is 5.82 Å². The number of halogens is 1. The molecule has 2 aromatic carbocycles. The Morgan fingerprint density at radius 2 is 1.90 bits per heavy atom. The van der Waals surface area contributed by atoms with Crippen LogP contribution < -0.4 is 5.56 Å². The molecule has 0 unspecified atom stereocenters. The number of hydrogen-bond acceptors (Lipinski definition) is 7. The van der Waals surface area contributed by atoms with Crippen molar-refractivity contribution < 1.29 is 4.39 Å². The van der Waals surface area contributed by atoms with Crippen LogP contribution in [0.3, 0.4) is 0 Å². The van der Waals surface area contributed by atoms with E-state index in [1.807, 2.05) is 35.7 Å². The van der Waals surface area contributed by atoms with Gasteiger partial charge in [-0.1, -0.05) is 42.1 Å². The van der Waals surface area contributed by atoms with E-state index in [2.05, 4.69) is 25.5 Å². The summed E-state index contributed by atoms with van der Waals surface area (Å²) in [6.07, 6.45) is 0. The van der Waals surface area contributed by atoms with Gasteiger partial charge in [0.25, 0.3) is 5.56 Å². The number of aromatic nitrogens is 6. The molecule has 0 aliphatic heterocycles. The standard InChI is InChI=1S/C20H13FN6OS2/c21-13-8-6-12(7-9-13)15-10-29-19-17(15)18(28)22-20(23-19)30-11-16-24-25-26-27(16)14-4-2-1-3-5-14/h1-10H,11H2,(H,22,23,28). The number of para-hydroxylation sites is 1. The number of hydrogen-bond donors (Lipinski definition) is 1. The van der Waals surface area contributed by atoms with E-state index in [9.17, 15) is 9.18 Å². The van der Waals surface area contributed by atoms with Crippen molar-refractivity contribution in [2.24, 2.45) is 0 Å². The Labute approximate surface area is 177 Å². The molecule has 0 spiro atoms. The lowest BCUT2D eigenvalue weighted by molar-refractivity contribution is 0.628. The van der Waals surface area contributed by atoms with Crippen LogP contribution in [0.4, 0.5) is 4.39 Å². The Hall–Kier alpha value is -3.37. The molecule has 3 aromatic heterocycles. The van der Waals surface area contributed by atoms with Gasteiger partial charge in [0.05, 0.1) is 16.8 Å². The van der Waals surface area contributed by atoms with E-state index in [4.69, 9.17) is 0 Å². The average Bonchev–Trinajstić information content (AvgIpc) is 3.41. The Balaban J connectivity index is 1.43. The summed E-state index contributed by atoms with van der Waals surface area (Å²) in [7, 11) is 0. The smallest absolute Gasteiger partial charge is 0.260 e. The van der Waals surface area contributed by atoms with Gasteiger partial charge in [0.15, 0.2) is 11.0 Å². The second kappa shape index (κ2) is 7.81. The number of nitrogens with one attached hydrogen (secondary N) is 1. The molecule has 30 heavy (non-hydrogen) atoms. The fourth-order valence-corrected chi connectivity index (χ4v) is 4.81. The summed E-state index contributed by atoms with van der Waals surface area (Å²) in [5, 5.41) is 14.7. The van der Waals surface area contributed by atoms with Crippen molar-refractivity contribution >= 4 is 33.3 Å². The van der Waals surface area contributed by atoms with E-state index in [0.29, 0.717) is 27.0 Å². The van der Waals surface area contributed by atoms with Gasteiger partial charge in [-0.3, -0.25) is 4.79 Å². The Bertz CT molecular complexity index is 1380. The molecule has 0 amide bonds. The molecule has 0 saturated heterocycles. The van der Waals surface area contributed by atoms with E-state index in [0.717, 1.165) is 16.8 Å². The van der Waals surface area contributed by atoms with E-state index < -0.39 is 0 Å². The van der Waals surface area contributed by atoms with Crippen LogP contribution in [0.25, 0.3) is 27.0 Å². The summed E-state index contributed by atoms with van der Waals surface area (Å²) in [5.74, 6) is 0.765. The van der Waals surface area contributed by atoms with Crippen LogP contribution in [0.2, 0.25) is 0 Å². The van der Waals surface area contributed by atoms with Crippen LogP contribution in [0.1, 0.15) is 5.82 Å². The number of benzene rings is 2. The topological polar surface area (TPSA) is 89.4 Å². The molecule has 10 heteroatoms. The first-order valence-electron chi connectivity index (χ1n) is 8.92. The molecule has 0 radical (unpaired) electrons. The Morgan fingerprint density at radius 1 is 1.10 bits per heavy atom. The van der Waals surface area contributed by atoms with Gasteiger partial charge >= 0.3 is 0 Å². The van der Waals surface area contributed by atoms with Crippen molar-refractivity contribution in [3.05, 3.63) is 82.0 Å². The third kappa shape index (κ3) is 3.51. The fourth-order valence-electron chi connectivity index (χ4n) is 3.04. The van der Waals surface area contributed by atoms with E-state index in [1.165, 1.54) is 35.2 Å². The molecule has 3 heterocycles. The molecular weight excluding hydrogens is 423 g/mol. The zero-order chi connectivity index (χ0) is 20.5. The van der Waals surface area contributed by atoms with Gasteiger partial charge in [0.2, 0.25) is 0 Å². The zero-order valence-electron chi connectivity index (χ0n) is 15.3. The quantitative estimate of drug-likeness (QED) is 0.330. The number of aromatic amines is 1. The molecule has 5 rings (SSSR count). The zero-order valence-corrected chi connectivity index (χ0v) is 17.0. The first-order chi connectivity index (χ1) is 14.7. The highest BCUT2D eigenvalue weighted by molar-refractivity contribution is 7.98. The van der Waals surface area contributed by atoms with Gasteiger partial charge in [-0.2, -0.15) is 4.68 Å². The number of nitrogens with zero attached hydrogens (tertiary/aromatic N) is 5. The van der Waals surface area contributed by atoms with Crippen LogP contribution in [0.15, 0.2) is 69.9 Å². The minimum atomic E-state index is -0.318. The largest absolute Gasteiger partial charge is 0.301 e. The molecule has 0 saturated carbocycles. The van der Waals surface area contributed by atoms with Gasteiger partial charge in [-0.25, -0.2) is 9.37 Å². The van der Waals surface area contributed by atoms with Crippen molar-refractivity contribution in [2.45, 2.75) is 10.9 Å². The molecule has 0 aliphatic carbocycles. The monoisotopic (exact) mass is 436 g/mol. The van der Waals surface area contributed by atoms with E-state index >= 15 is 0 Å². The summed E-state index contributed by atoms with van der Waals surface area (Å²) < 4.78 is 14.9. The number of tetrazole rings is 1. The highest BCUT2D eigenvalue weighted by atomic mass is 32.2. The van der Waals surface area contributed by atoms with Crippen molar-refractivity contribution in [3.63, 3.8) is 0 Å². The molecule has 0 bridgehead atoms. The van der Waals surface area contributed by atoms with E-state index in [1.54, 1.807) is 16.8 Å². The van der Waals surface area contributed by atoms with Crippen molar-refractivity contribution in [1.82, 2.24) is 30.2 Å². The second-order valence-electron chi connectivity index (χ2n) is 6.34. The highest BCUT2D eigenvalue weighted by Gasteiger charge is 2.15. The molecule has 0 aliphatic rings. The minimum Gasteiger partial charge on any atom is -0.301 e. The van der Waals surface area contributed by atoms with Gasteiger partial charge in [0, 0.05) is 10.9 Å². The number of fused-ring (bicyclic) bond motifs is 1. The highest BCUT2D eigenvalue weighted by Crippen LogP contribution is 2.32. The lowest BCUT2D eigenvalue weighted by Gasteiger charge is -2.04. The van der Waals surface area contributed by atoms with Gasteiger partial charge < -0.3 is 4.98 Å². The van der Waals surface area contributed by atoms with E-state index in [-0.39, 0.29) is 11.4 Å². The van der Waals surface area contributed by atoms with Gasteiger partial charge in [0.1, 0.15) is 10.6 Å². The maximum atomic E-state index is 13.2. The van der Waals surface area contributed by atoms with Gasteiger partial charge in [-0.05, 0) is 40.3 Å². The minimum absolute atomic E-state index is 0.231. The third-order valence-electron chi connectivity index (χ3n) is 4.45. The summed E-state index contributed by atoms with van der Waals surface area (Å²) >= 11 is 2.73. The first-order valence-corrected chi connectivity index (χ1v) is 10.8. The molecule has 7 nitrogen and oxygen atoms in total. The predicted octanol–water partition coefficient (Wildman–Crippen LogP) is 4.06. The lowest BCUT2D eigenvalue weighted by Crippen LogP contribution is -2.09. The maximum Gasteiger partial charge on any atom is 0.260 e. The van der Waals surface area contributed by atoms with Crippen LogP contribution in [-0.4, -0.2) is 30.2 Å². The molecule has 1 N–H and O–H groups in total. The third-order valence-corrected chi connectivity index (χ3v) is 6.19. The summed E-state index contributed by atoms with van der Waals surface area (Å²) in [6, 6.07) is 15.6. The van der Waals surface area contributed by atoms with Crippen molar-refractivity contribution in [1.29, 1.82) is 0 Å². The number of thioether (sulfide) groups is 1. The predicted molar refractivity (Wildman–Crippen MR) is 114 cm³/mol. The molecule has 5 aromatic rings. The Kier molecular flexibility index (Phi) is 4.85. The number of rotatable bonds is 5. The summed E-state index contributed by atoms with van der Waals surface area (Å²) in [6.45, 7) is 0. The first kappa shape index (κ1) is 18.6. The van der Waals surface area contributed by atoms with Crippen molar-refractivity contribution in [3.8, 4) is 16.8 Å². The normalized spacial score (nSPS) is 11.2. The molecule has 0 fully saturated rings. The van der Waals surface area contributed by atoms with Crippen molar-refractivity contribution in [2.75, 3.05) is 0 Å². The fraction of sp³-hybridized carbons (Fsp3) is 0.0500. The average molecular weight is 436 g/mol. The molecule has 0 atom stereocenters. The SMILES string of the molecule is O=c1[nH]c(SCc2nnnn2-c2ccccc2)nc2scc(-c3ccc(F)cc3)c12. The summed E-state index contributed by atoms with van der Waals surface area (Å²) in [4.78, 5) is 20.8. The van der Waals surface area contributed by atoms with Crippen LogP contribution in [-0.2, 0) is 5.75 Å². The number of thiophene rings is 1. The molecule has 148 valence electrons. The van der Waals surface area contributed by atoms with Crippen LogP contribution in [0.5, 0.6) is 0 Å².